The summed E-state index contributed by atoms with van der Waals surface area (Å²) in [6.07, 6.45) is 3.94. The summed E-state index contributed by atoms with van der Waals surface area (Å²) < 4.78 is 10.9. The predicted octanol–water partition coefficient (Wildman–Crippen LogP) is 2.39. The molecule has 2 saturated heterocycles. The number of aromatic amines is 1. The standard InChI is InChI=1S/C22H28N4O4/c1-15-18(24-14-23-15)20(27)26-11-9-22(13-26)8-5-10-25(21(22)28)12-16-6-4-7-17(29-2)19(16)30-3/h4,6-7,14H,5,8-13H2,1-3H3,(H,23,24)/t22-/m0/s1. The maximum absolute atomic E-state index is 13.5. The molecule has 4 rings (SSSR count). The lowest BCUT2D eigenvalue weighted by molar-refractivity contribution is -0.146. The van der Waals surface area contributed by atoms with E-state index >= 15 is 0 Å². The molecule has 2 fully saturated rings. The van der Waals surface area contributed by atoms with Gasteiger partial charge in [-0.2, -0.15) is 0 Å². The summed E-state index contributed by atoms with van der Waals surface area (Å²) in [7, 11) is 3.21. The minimum Gasteiger partial charge on any atom is -0.493 e. The average Bonchev–Trinajstić information content (AvgIpc) is 3.38. The number of H-pyrrole nitrogens is 1. The largest absolute Gasteiger partial charge is 0.493 e. The van der Waals surface area contributed by atoms with E-state index in [1.165, 1.54) is 6.33 Å². The van der Waals surface area contributed by atoms with E-state index in [9.17, 15) is 9.59 Å². The summed E-state index contributed by atoms with van der Waals surface area (Å²) in [5.74, 6) is 1.32. The zero-order valence-corrected chi connectivity index (χ0v) is 17.7. The normalized spacial score (nSPS) is 21.4. The Morgan fingerprint density at radius 1 is 1.23 bits per heavy atom. The summed E-state index contributed by atoms with van der Waals surface area (Å²) in [4.78, 5) is 37.2. The van der Waals surface area contributed by atoms with Gasteiger partial charge in [0, 0.05) is 37.4 Å². The number of hydrogen-bond acceptors (Lipinski definition) is 5. The smallest absolute Gasteiger partial charge is 0.274 e. The number of benzene rings is 1. The van der Waals surface area contributed by atoms with Crippen molar-refractivity contribution in [3.05, 3.63) is 41.5 Å². The van der Waals surface area contributed by atoms with Crippen LogP contribution in [0.25, 0.3) is 0 Å². The fourth-order valence-corrected chi connectivity index (χ4v) is 4.74. The van der Waals surface area contributed by atoms with E-state index in [4.69, 9.17) is 9.47 Å². The van der Waals surface area contributed by atoms with Gasteiger partial charge >= 0.3 is 0 Å². The first-order chi connectivity index (χ1) is 14.5. The monoisotopic (exact) mass is 412 g/mol. The molecule has 3 heterocycles. The van der Waals surface area contributed by atoms with Gasteiger partial charge in [-0.15, -0.1) is 0 Å². The zero-order chi connectivity index (χ0) is 21.3. The number of hydrogen-bond donors (Lipinski definition) is 1. The predicted molar refractivity (Wildman–Crippen MR) is 110 cm³/mol. The number of nitrogens with one attached hydrogen (secondary N) is 1. The highest BCUT2D eigenvalue weighted by Crippen LogP contribution is 2.42. The molecule has 30 heavy (non-hydrogen) atoms. The van der Waals surface area contributed by atoms with Gasteiger partial charge in [0.05, 0.1) is 26.0 Å². The average molecular weight is 412 g/mol. The molecule has 1 aromatic carbocycles. The summed E-state index contributed by atoms with van der Waals surface area (Å²) in [6, 6.07) is 5.71. The van der Waals surface area contributed by atoms with Crippen molar-refractivity contribution in [2.45, 2.75) is 32.7 Å². The van der Waals surface area contributed by atoms with Crippen molar-refractivity contribution in [2.24, 2.45) is 5.41 Å². The molecule has 2 aliphatic heterocycles. The number of likely N-dealkylation sites (tertiary alicyclic amines) is 2. The number of ether oxygens (including phenoxy) is 2. The summed E-state index contributed by atoms with van der Waals surface area (Å²) >= 11 is 0. The van der Waals surface area contributed by atoms with E-state index in [1.54, 1.807) is 19.1 Å². The van der Waals surface area contributed by atoms with Crippen LogP contribution < -0.4 is 9.47 Å². The van der Waals surface area contributed by atoms with Crippen molar-refractivity contribution in [3.8, 4) is 11.5 Å². The molecular formula is C22H28N4O4. The van der Waals surface area contributed by atoms with Gasteiger partial charge in [-0.1, -0.05) is 12.1 Å². The van der Waals surface area contributed by atoms with Crippen molar-refractivity contribution in [1.29, 1.82) is 0 Å². The van der Waals surface area contributed by atoms with Gasteiger partial charge in [0.2, 0.25) is 5.91 Å². The minimum absolute atomic E-state index is 0.106. The Hall–Kier alpha value is -3.03. The fraction of sp³-hybridized carbons (Fsp3) is 0.500. The van der Waals surface area contributed by atoms with Gasteiger partial charge in [0.15, 0.2) is 11.5 Å². The number of para-hydroxylation sites is 1. The summed E-state index contributed by atoms with van der Waals surface area (Å²) in [6.45, 7) is 4.03. The van der Waals surface area contributed by atoms with Gasteiger partial charge in [-0.25, -0.2) is 4.98 Å². The Kier molecular flexibility index (Phi) is 5.40. The van der Waals surface area contributed by atoms with E-state index in [1.807, 2.05) is 30.0 Å². The molecule has 0 bridgehead atoms. The second-order valence-electron chi connectivity index (χ2n) is 8.12. The highest BCUT2D eigenvalue weighted by molar-refractivity contribution is 5.94. The van der Waals surface area contributed by atoms with Gasteiger partial charge in [0.25, 0.3) is 5.91 Å². The first kappa shape index (κ1) is 20.3. The number of carbonyl (C=O) groups is 2. The van der Waals surface area contributed by atoms with Crippen LogP contribution in [-0.2, 0) is 11.3 Å². The maximum atomic E-state index is 13.5. The molecule has 1 atom stereocenters. The van der Waals surface area contributed by atoms with E-state index in [0.717, 1.165) is 24.1 Å². The first-order valence-electron chi connectivity index (χ1n) is 10.3. The number of amides is 2. The number of aromatic nitrogens is 2. The van der Waals surface area contributed by atoms with Crippen molar-refractivity contribution in [3.63, 3.8) is 0 Å². The molecule has 8 nitrogen and oxygen atoms in total. The Morgan fingerprint density at radius 2 is 2.07 bits per heavy atom. The molecule has 0 saturated carbocycles. The van der Waals surface area contributed by atoms with Crippen LogP contribution in [0.3, 0.4) is 0 Å². The van der Waals surface area contributed by atoms with Crippen molar-refractivity contribution >= 4 is 11.8 Å². The number of piperidine rings is 1. The van der Waals surface area contributed by atoms with E-state index in [2.05, 4.69) is 9.97 Å². The highest BCUT2D eigenvalue weighted by atomic mass is 16.5. The van der Waals surface area contributed by atoms with Crippen molar-refractivity contribution in [2.75, 3.05) is 33.9 Å². The van der Waals surface area contributed by atoms with Crippen LogP contribution in [0.5, 0.6) is 11.5 Å². The molecule has 160 valence electrons. The number of rotatable bonds is 5. The SMILES string of the molecule is COc1cccc(CN2CCC[C@@]3(CCN(C(=O)c4nc[nH]c4C)C3)C2=O)c1OC. The molecular weight excluding hydrogens is 384 g/mol. The van der Waals surface area contributed by atoms with Crippen molar-refractivity contribution in [1.82, 2.24) is 19.8 Å². The number of carbonyl (C=O) groups excluding carboxylic acids is 2. The minimum atomic E-state index is -0.510. The Labute approximate surface area is 176 Å². The topological polar surface area (TPSA) is 87.8 Å². The molecule has 0 aliphatic carbocycles. The van der Waals surface area contributed by atoms with Crippen LogP contribution in [0.2, 0.25) is 0 Å². The van der Waals surface area contributed by atoms with Crippen LogP contribution in [0, 0.1) is 12.3 Å². The molecule has 1 N–H and O–H groups in total. The molecule has 0 radical (unpaired) electrons. The highest BCUT2D eigenvalue weighted by Gasteiger charge is 2.49. The molecule has 2 amide bonds. The second-order valence-corrected chi connectivity index (χ2v) is 8.12. The zero-order valence-electron chi connectivity index (χ0n) is 17.7. The molecule has 0 unspecified atom stereocenters. The molecule has 2 aromatic rings. The number of imidazole rings is 1. The van der Waals surface area contributed by atoms with Gasteiger partial charge in [0.1, 0.15) is 5.69 Å². The lowest BCUT2D eigenvalue weighted by Crippen LogP contribution is -2.50. The van der Waals surface area contributed by atoms with E-state index in [0.29, 0.717) is 49.8 Å². The molecule has 8 heteroatoms. The second kappa shape index (κ2) is 8.01. The van der Waals surface area contributed by atoms with Crippen molar-refractivity contribution < 1.29 is 19.1 Å². The number of nitrogens with zero attached hydrogens (tertiary/aromatic N) is 3. The maximum Gasteiger partial charge on any atom is 0.274 e. The lowest BCUT2D eigenvalue weighted by atomic mass is 9.78. The Balaban J connectivity index is 1.52. The molecule has 2 aliphatic rings. The Morgan fingerprint density at radius 3 is 2.77 bits per heavy atom. The van der Waals surface area contributed by atoms with Crippen LogP contribution >= 0.6 is 0 Å². The lowest BCUT2D eigenvalue weighted by Gasteiger charge is -2.39. The summed E-state index contributed by atoms with van der Waals surface area (Å²) in [5, 5.41) is 0. The number of methoxy groups -OCH3 is 2. The Bertz CT molecular complexity index is 956. The van der Waals surface area contributed by atoms with E-state index < -0.39 is 5.41 Å². The third-order valence-electron chi connectivity index (χ3n) is 6.34. The van der Waals surface area contributed by atoms with Crippen LogP contribution in [0.15, 0.2) is 24.5 Å². The third kappa shape index (κ3) is 3.40. The quantitative estimate of drug-likeness (QED) is 0.815. The molecule has 1 aromatic heterocycles. The van der Waals surface area contributed by atoms with Crippen LogP contribution in [0.4, 0.5) is 0 Å². The summed E-state index contributed by atoms with van der Waals surface area (Å²) in [5.41, 5.74) is 1.60. The number of aryl methyl sites for hydroxylation is 1. The van der Waals surface area contributed by atoms with Gasteiger partial charge in [-0.3, -0.25) is 9.59 Å². The first-order valence-corrected chi connectivity index (χ1v) is 10.3. The fourth-order valence-electron chi connectivity index (χ4n) is 4.74. The molecule has 1 spiro atoms. The van der Waals surface area contributed by atoms with Gasteiger partial charge < -0.3 is 24.3 Å². The third-order valence-corrected chi connectivity index (χ3v) is 6.34. The van der Waals surface area contributed by atoms with Crippen LogP contribution in [0.1, 0.15) is 41.0 Å². The van der Waals surface area contributed by atoms with Gasteiger partial charge in [-0.05, 0) is 32.3 Å². The van der Waals surface area contributed by atoms with Crippen LogP contribution in [-0.4, -0.2) is 65.4 Å². The van der Waals surface area contributed by atoms with E-state index in [-0.39, 0.29) is 11.8 Å².